The van der Waals surface area contributed by atoms with Crippen molar-refractivity contribution in [3.63, 3.8) is 0 Å². The molecule has 0 aliphatic carbocycles. The van der Waals surface area contributed by atoms with Crippen LogP contribution in [0, 0.1) is 0 Å². The van der Waals surface area contributed by atoms with E-state index >= 15 is 0 Å². The van der Waals surface area contributed by atoms with Crippen LogP contribution in [0.2, 0.25) is 0 Å². The van der Waals surface area contributed by atoms with Crippen LogP contribution < -0.4 is 0 Å². The third kappa shape index (κ3) is 2.37. The van der Waals surface area contributed by atoms with Gasteiger partial charge in [0.2, 0.25) is 0 Å². The highest BCUT2D eigenvalue weighted by molar-refractivity contribution is 9.09. The molecule has 0 spiro atoms. The summed E-state index contributed by atoms with van der Waals surface area (Å²) in [5, 5.41) is 1.91. The van der Waals surface area contributed by atoms with Crippen molar-refractivity contribution in [2.75, 3.05) is 11.9 Å². The number of alkyl halides is 1. The Balaban J connectivity index is 1.93. The lowest BCUT2D eigenvalue weighted by atomic mass is 10.2. The number of nitrogens with zero attached hydrogens (tertiary/aromatic N) is 2. The second kappa shape index (κ2) is 5.29. The van der Waals surface area contributed by atoms with Crippen molar-refractivity contribution < 1.29 is 4.79 Å². The number of carbonyl (C=O) groups excluding carboxylic acids is 1. The van der Waals surface area contributed by atoms with E-state index in [0.29, 0.717) is 11.7 Å². The number of pyridine rings is 1. The van der Waals surface area contributed by atoms with E-state index < -0.39 is 0 Å². The Morgan fingerprint density at radius 3 is 3.00 bits per heavy atom. The minimum atomic E-state index is 0.0488. The number of likely N-dealkylation sites (tertiary alicyclic amines) is 1. The van der Waals surface area contributed by atoms with Crippen molar-refractivity contribution >= 4 is 32.7 Å². The van der Waals surface area contributed by atoms with Gasteiger partial charge < -0.3 is 4.90 Å². The molecule has 1 atom stereocenters. The lowest BCUT2D eigenvalue weighted by Crippen LogP contribution is -2.36. The molecular weight excluding hydrogens is 304 g/mol. The number of halogens is 1. The van der Waals surface area contributed by atoms with E-state index in [1.165, 1.54) is 0 Å². The van der Waals surface area contributed by atoms with E-state index in [2.05, 4.69) is 20.9 Å². The van der Waals surface area contributed by atoms with Gasteiger partial charge in [-0.3, -0.25) is 4.79 Å². The smallest absolute Gasteiger partial charge is 0.272 e. The molecule has 1 unspecified atom stereocenters. The largest absolute Gasteiger partial charge is 0.333 e. The Bertz CT molecular complexity index is 614. The first-order valence-electron chi connectivity index (χ1n) is 6.52. The van der Waals surface area contributed by atoms with E-state index in [1.54, 1.807) is 0 Å². The van der Waals surface area contributed by atoms with Crippen molar-refractivity contribution in [3.05, 3.63) is 42.1 Å². The zero-order chi connectivity index (χ0) is 13.2. The van der Waals surface area contributed by atoms with E-state index in [4.69, 9.17) is 0 Å². The summed E-state index contributed by atoms with van der Waals surface area (Å²) in [6.45, 7) is 0.837. The quantitative estimate of drug-likeness (QED) is 0.796. The molecule has 0 radical (unpaired) electrons. The first-order chi connectivity index (χ1) is 9.29. The summed E-state index contributed by atoms with van der Waals surface area (Å²) in [5.41, 5.74) is 1.43. The second-order valence-corrected chi connectivity index (χ2v) is 5.49. The van der Waals surface area contributed by atoms with Gasteiger partial charge in [-0.1, -0.05) is 40.2 Å². The molecule has 1 aromatic heterocycles. The summed E-state index contributed by atoms with van der Waals surface area (Å²) in [7, 11) is 0. The number of amides is 1. The van der Waals surface area contributed by atoms with E-state index in [1.807, 2.05) is 41.3 Å². The zero-order valence-electron chi connectivity index (χ0n) is 10.6. The Morgan fingerprint density at radius 1 is 1.32 bits per heavy atom. The van der Waals surface area contributed by atoms with Crippen LogP contribution >= 0.6 is 15.9 Å². The monoisotopic (exact) mass is 318 g/mol. The Morgan fingerprint density at radius 2 is 2.16 bits per heavy atom. The summed E-state index contributed by atoms with van der Waals surface area (Å²) in [5.74, 6) is 0.0488. The average molecular weight is 319 g/mol. The minimum Gasteiger partial charge on any atom is -0.333 e. The van der Waals surface area contributed by atoms with Crippen LogP contribution in [0.25, 0.3) is 10.9 Å². The molecule has 98 valence electrons. The average Bonchev–Trinajstić information content (AvgIpc) is 2.94. The number of carbonyl (C=O) groups is 1. The van der Waals surface area contributed by atoms with Crippen LogP contribution in [0.5, 0.6) is 0 Å². The third-order valence-corrected chi connectivity index (χ3v) is 4.38. The second-order valence-electron chi connectivity index (χ2n) is 4.84. The number of hydrogen-bond acceptors (Lipinski definition) is 2. The summed E-state index contributed by atoms with van der Waals surface area (Å²) in [6.07, 6.45) is 2.15. The maximum absolute atomic E-state index is 12.5. The van der Waals surface area contributed by atoms with Gasteiger partial charge in [0.25, 0.3) is 5.91 Å². The van der Waals surface area contributed by atoms with Crippen molar-refractivity contribution in [2.45, 2.75) is 18.9 Å². The molecule has 3 rings (SSSR count). The van der Waals surface area contributed by atoms with Gasteiger partial charge in [-0.2, -0.15) is 0 Å². The summed E-state index contributed by atoms with van der Waals surface area (Å²) >= 11 is 3.48. The van der Waals surface area contributed by atoms with E-state index in [0.717, 1.165) is 35.6 Å². The molecule has 0 saturated carbocycles. The molecule has 3 nitrogen and oxygen atoms in total. The summed E-state index contributed by atoms with van der Waals surface area (Å²) in [6, 6.07) is 12.0. The molecule has 0 bridgehead atoms. The number of hydrogen-bond donors (Lipinski definition) is 0. The Hall–Kier alpha value is -1.42. The Kier molecular flexibility index (Phi) is 3.51. The van der Waals surface area contributed by atoms with Crippen molar-refractivity contribution in [2.24, 2.45) is 0 Å². The van der Waals surface area contributed by atoms with E-state index in [9.17, 15) is 4.79 Å². The van der Waals surface area contributed by atoms with Crippen LogP contribution in [0.15, 0.2) is 36.4 Å². The molecule has 1 aromatic carbocycles. The normalized spacial score (nSPS) is 19.0. The number of para-hydroxylation sites is 1. The Labute approximate surface area is 120 Å². The number of benzene rings is 1. The standard InChI is InChI=1S/C15H15BrN2O/c16-10-12-5-3-9-18(12)15(19)14-8-7-11-4-1-2-6-13(11)17-14/h1-2,4,6-8,12H,3,5,9-10H2. The fourth-order valence-electron chi connectivity index (χ4n) is 2.60. The summed E-state index contributed by atoms with van der Waals surface area (Å²) < 4.78 is 0. The fourth-order valence-corrected chi connectivity index (χ4v) is 3.27. The highest BCUT2D eigenvalue weighted by Gasteiger charge is 2.29. The molecule has 1 amide bonds. The zero-order valence-corrected chi connectivity index (χ0v) is 12.1. The van der Waals surface area contributed by atoms with Gasteiger partial charge in [0, 0.05) is 23.3 Å². The summed E-state index contributed by atoms with van der Waals surface area (Å²) in [4.78, 5) is 18.9. The van der Waals surface area contributed by atoms with Crippen molar-refractivity contribution in [1.82, 2.24) is 9.88 Å². The molecule has 2 heterocycles. The van der Waals surface area contributed by atoms with Gasteiger partial charge in [-0.15, -0.1) is 0 Å². The number of rotatable bonds is 2. The van der Waals surface area contributed by atoms with Gasteiger partial charge in [0.15, 0.2) is 0 Å². The van der Waals surface area contributed by atoms with Gasteiger partial charge in [0.1, 0.15) is 5.69 Å². The number of aromatic nitrogens is 1. The van der Waals surface area contributed by atoms with Gasteiger partial charge in [-0.25, -0.2) is 4.98 Å². The molecular formula is C15H15BrN2O. The third-order valence-electron chi connectivity index (χ3n) is 3.63. The molecule has 4 heteroatoms. The lowest BCUT2D eigenvalue weighted by molar-refractivity contribution is 0.0745. The topological polar surface area (TPSA) is 33.2 Å². The van der Waals surface area contributed by atoms with Crippen LogP contribution in [0.3, 0.4) is 0 Å². The fraction of sp³-hybridized carbons (Fsp3) is 0.333. The predicted octanol–water partition coefficient (Wildman–Crippen LogP) is 3.23. The van der Waals surface area contributed by atoms with Crippen molar-refractivity contribution in [1.29, 1.82) is 0 Å². The van der Waals surface area contributed by atoms with Gasteiger partial charge >= 0.3 is 0 Å². The maximum Gasteiger partial charge on any atom is 0.272 e. The maximum atomic E-state index is 12.5. The van der Waals surface area contributed by atoms with Crippen LogP contribution in [-0.4, -0.2) is 33.7 Å². The minimum absolute atomic E-state index is 0.0488. The molecule has 1 saturated heterocycles. The van der Waals surface area contributed by atoms with Crippen LogP contribution in [0.1, 0.15) is 23.3 Å². The SMILES string of the molecule is O=C(c1ccc2ccccc2n1)N1CCCC1CBr. The van der Waals surface area contributed by atoms with E-state index in [-0.39, 0.29) is 5.91 Å². The molecule has 1 aliphatic rings. The molecule has 1 aliphatic heterocycles. The molecule has 19 heavy (non-hydrogen) atoms. The van der Waals surface area contributed by atoms with Gasteiger partial charge in [-0.05, 0) is 25.0 Å². The number of fused-ring (bicyclic) bond motifs is 1. The highest BCUT2D eigenvalue weighted by Crippen LogP contribution is 2.22. The predicted molar refractivity (Wildman–Crippen MR) is 79.6 cm³/mol. The first kappa shape index (κ1) is 12.6. The highest BCUT2D eigenvalue weighted by atomic mass is 79.9. The molecule has 1 fully saturated rings. The van der Waals surface area contributed by atoms with Crippen LogP contribution in [0.4, 0.5) is 0 Å². The van der Waals surface area contributed by atoms with Gasteiger partial charge in [0.05, 0.1) is 5.52 Å². The lowest BCUT2D eigenvalue weighted by Gasteiger charge is -2.22. The van der Waals surface area contributed by atoms with Crippen molar-refractivity contribution in [3.8, 4) is 0 Å². The molecule has 2 aromatic rings. The first-order valence-corrected chi connectivity index (χ1v) is 7.64. The molecule has 0 N–H and O–H groups in total. The van der Waals surface area contributed by atoms with Crippen LogP contribution in [-0.2, 0) is 0 Å².